The summed E-state index contributed by atoms with van der Waals surface area (Å²) in [6, 6.07) is 0. The summed E-state index contributed by atoms with van der Waals surface area (Å²) in [4.78, 5) is 37.6. The number of allylic oxidation sites excluding steroid dienone is 22. The average molecular weight is 1160 g/mol. The lowest BCUT2D eigenvalue weighted by molar-refractivity contribution is -0.870. The highest BCUT2D eigenvalue weighted by atomic mass is 16.7. The van der Waals surface area contributed by atoms with Gasteiger partial charge < -0.3 is 28.5 Å². The van der Waals surface area contributed by atoms with Gasteiger partial charge in [-0.2, -0.15) is 0 Å². The van der Waals surface area contributed by atoms with Crippen molar-refractivity contribution in [2.75, 3.05) is 47.5 Å². The summed E-state index contributed by atoms with van der Waals surface area (Å²) >= 11 is 0. The van der Waals surface area contributed by atoms with Gasteiger partial charge in [0.25, 0.3) is 6.29 Å². The molecule has 0 aromatic carbocycles. The van der Waals surface area contributed by atoms with E-state index in [9.17, 15) is 19.5 Å². The molecule has 472 valence electrons. The van der Waals surface area contributed by atoms with Crippen molar-refractivity contribution in [1.82, 2.24) is 0 Å². The van der Waals surface area contributed by atoms with Gasteiger partial charge in [0.2, 0.25) is 0 Å². The number of quaternary nitrogens is 1. The molecule has 0 spiro atoms. The molecule has 9 heteroatoms. The molecule has 0 aromatic rings. The molecule has 0 amide bonds. The third-order valence-electron chi connectivity index (χ3n) is 13.9. The Balaban J connectivity index is 4.25. The third kappa shape index (κ3) is 64.8. The minimum Gasteiger partial charge on any atom is -0.477 e. The fraction of sp³-hybridized carbons (Fsp3) is 0.662. The van der Waals surface area contributed by atoms with Crippen molar-refractivity contribution < 1.29 is 42.9 Å². The fourth-order valence-electron chi connectivity index (χ4n) is 8.80. The third-order valence-corrected chi connectivity index (χ3v) is 13.9. The van der Waals surface area contributed by atoms with Gasteiger partial charge in [0.1, 0.15) is 13.2 Å². The number of hydrogen-bond acceptors (Lipinski definition) is 7. The predicted octanol–water partition coefficient (Wildman–Crippen LogP) is 20.6. The maximum Gasteiger partial charge on any atom is 0.361 e. The van der Waals surface area contributed by atoms with Crippen molar-refractivity contribution >= 4 is 17.9 Å². The minimum atomic E-state index is -1.53. The number of esters is 2. The van der Waals surface area contributed by atoms with Gasteiger partial charge in [-0.3, -0.25) is 9.59 Å². The maximum absolute atomic E-state index is 12.9. The molecule has 0 saturated heterocycles. The highest BCUT2D eigenvalue weighted by molar-refractivity contribution is 5.71. The number of rotatable bonds is 60. The number of carboxylic acid groups (broad SMARTS) is 1. The molecule has 0 aliphatic carbocycles. The smallest absolute Gasteiger partial charge is 0.361 e. The molecule has 0 heterocycles. The number of carbonyl (C=O) groups is 3. The highest BCUT2D eigenvalue weighted by Gasteiger charge is 2.25. The Morgan fingerprint density at radius 1 is 0.373 bits per heavy atom. The zero-order valence-electron chi connectivity index (χ0n) is 53.8. The van der Waals surface area contributed by atoms with E-state index in [4.69, 9.17) is 18.9 Å². The Morgan fingerprint density at radius 2 is 0.687 bits per heavy atom. The second-order valence-corrected chi connectivity index (χ2v) is 23.0. The molecule has 0 bridgehead atoms. The monoisotopic (exact) mass is 1150 g/mol. The number of ether oxygens (including phenoxy) is 4. The molecule has 0 aliphatic heterocycles. The molecule has 0 radical (unpaired) electrons. The Labute approximate surface area is 509 Å². The van der Waals surface area contributed by atoms with Crippen molar-refractivity contribution in [2.24, 2.45) is 0 Å². The summed E-state index contributed by atoms with van der Waals surface area (Å²) in [7, 11) is 5.96. The van der Waals surface area contributed by atoms with Gasteiger partial charge in [-0.25, -0.2) is 4.79 Å². The number of carboxylic acids is 1. The second kappa shape index (κ2) is 63.5. The number of likely N-dealkylation sites (N-methyl/N-ethyl adjacent to an activating group) is 1. The van der Waals surface area contributed by atoms with Crippen molar-refractivity contribution in [3.05, 3.63) is 134 Å². The molecule has 0 fully saturated rings. The predicted molar refractivity (Wildman–Crippen MR) is 354 cm³/mol. The summed E-state index contributed by atoms with van der Waals surface area (Å²) in [5, 5.41) is 9.74. The molecular formula is C74H124NO8+. The van der Waals surface area contributed by atoms with Crippen molar-refractivity contribution in [1.29, 1.82) is 0 Å². The van der Waals surface area contributed by atoms with Gasteiger partial charge in [0.05, 0.1) is 34.4 Å². The van der Waals surface area contributed by atoms with Gasteiger partial charge >= 0.3 is 17.9 Å². The van der Waals surface area contributed by atoms with E-state index < -0.39 is 24.3 Å². The topological polar surface area (TPSA) is 108 Å². The van der Waals surface area contributed by atoms with Crippen LogP contribution < -0.4 is 0 Å². The van der Waals surface area contributed by atoms with E-state index in [1.54, 1.807) is 0 Å². The molecule has 0 aromatic heterocycles. The molecule has 0 aliphatic rings. The van der Waals surface area contributed by atoms with Crippen LogP contribution in [0, 0.1) is 0 Å². The van der Waals surface area contributed by atoms with E-state index in [0.29, 0.717) is 17.4 Å². The van der Waals surface area contributed by atoms with Gasteiger partial charge in [-0.05, 0) is 116 Å². The molecule has 0 saturated carbocycles. The van der Waals surface area contributed by atoms with Crippen LogP contribution in [-0.4, -0.2) is 87.4 Å². The first-order valence-corrected chi connectivity index (χ1v) is 33.3. The Bertz CT molecular complexity index is 1820. The summed E-state index contributed by atoms with van der Waals surface area (Å²) in [6.45, 7) is 4.72. The van der Waals surface area contributed by atoms with Crippen LogP contribution in [0.15, 0.2) is 134 Å². The van der Waals surface area contributed by atoms with E-state index in [0.717, 1.165) is 109 Å². The number of nitrogens with zero attached hydrogens (tertiary/aromatic N) is 1. The SMILES string of the molecule is CC/C=C\C/C=C\C/C=C\C/C=C\C/C=C\C/C=C\C/C=C\C/C=C\CCCCCCC(=O)OC(COC(=O)CCCCCCCCCCCCCCCC/C=C\C/C=C\C/C=C\CCCCCCC)COC(OCC[N+](C)(C)C)C(=O)O. The van der Waals surface area contributed by atoms with Crippen molar-refractivity contribution in [2.45, 2.75) is 270 Å². The van der Waals surface area contributed by atoms with Crippen LogP contribution in [0.4, 0.5) is 0 Å². The normalized spacial score (nSPS) is 13.6. The highest BCUT2D eigenvalue weighted by Crippen LogP contribution is 2.16. The van der Waals surface area contributed by atoms with E-state index >= 15 is 0 Å². The number of carbonyl (C=O) groups excluding carboxylic acids is 2. The summed E-state index contributed by atoms with van der Waals surface area (Å²) in [6.07, 6.45) is 88.3. The van der Waals surface area contributed by atoms with Gasteiger partial charge in [-0.1, -0.05) is 263 Å². The molecule has 1 N–H and O–H groups in total. The van der Waals surface area contributed by atoms with Gasteiger partial charge in [-0.15, -0.1) is 0 Å². The van der Waals surface area contributed by atoms with Gasteiger partial charge in [0.15, 0.2) is 6.10 Å². The fourth-order valence-corrected chi connectivity index (χ4v) is 8.80. The number of aliphatic carboxylic acids is 1. The summed E-state index contributed by atoms with van der Waals surface area (Å²) < 4.78 is 22.9. The summed E-state index contributed by atoms with van der Waals surface area (Å²) in [5.41, 5.74) is 0. The van der Waals surface area contributed by atoms with E-state index in [1.807, 2.05) is 21.1 Å². The standard InChI is InChI=1S/C74H123NO8/c1-6-8-10-12-14-16-18-20-22-24-26-28-30-32-34-36-38-40-42-44-46-48-50-52-54-56-58-60-62-64-71(76)81-68-70(69-82-74(73(78)79)80-67-66-75(3,4)5)83-72(77)65-63-61-59-57-55-53-51-49-47-45-43-41-39-37-35-33-31-29-27-25-23-21-19-17-15-13-11-9-7-2/h9,11,15,17-18,20-21,23-24,26-27,29-30,32-33,35,39,41,45,47,51,53,70,74H,6-8,10,12-14,16,19,22,25,28,31,34,36-38,40,42-44,46,48-50,52,54-69H2,1-5H3/p+1/b11-9-,17-15-,20-18-,23-21-,26-24-,29-27-,32-30-,35-33-,41-39-,47-45-,53-51-. The van der Waals surface area contributed by atoms with E-state index in [-0.39, 0.29) is 38.6 Å². The summed E-state index contributed by atoms with van der Waals surface area (Å²) in [5.74, 6) is -2.05. The first kappa shape index (κ1) is 78.4. The second-order valence-electron chi connectivity index (χ2n) is 23.0. The first-order valence-electron chi connectivity index (χ1n) is 33.3. The van der Waals surface area contributed by atoms with Crippen molar-refractivity contribution in [3.63, 3.8) is 0 Å². The zero-order valence-corrected chi connectivity index (χ0v) is 53.8. The lowest BCUT2D eigenvalue weighted by Gasteiger charge is -2.25. The number of unbranched alkanes of at least 4 members (excludes halogenated alkanes) is 23. The van der Waals surface area contributed by atoms with Crippen molar-refractivity contribution in [3.8, 4) is 0 Å². The van der Waals surface area contributed by atoms with Gasteiger partial charge in [0, 0.05) is 12.8 Å². The molecule has 83 heavy (non-hydrogen) atoms. The molecule has 2 atom stereocenters. The van der Waals surface area contributed by atoms with E-state index in [1.165, 1.54) is 116 Å². The maximum atomic E-state index is 12.9. The van der Waals surface area contributed by atoms with Crippen LogP contribution in [0.2, 0.25) is 0 Å². The average Bonchev–Trinajstić information content (AvgIpc) is 3.46. The molecular weight excluding hydrogens is 1030 g/mol. The number of hydrogen-bond donors (Lipinski definition) is 1. The zero-order chi connectivity index (χ0) is 60.5. The van der Waals surface area contributed by atoms with Crippen LogP contribution in [0.25, 0.3) is 0 Å². The largest absolute Gasteiger partial charge is 0.477 e. The van der Waals surface area contributed by atoms with Crippen LogP contribution in [0.1, 0.15) is 258 Å². The Kier molecular flexibility index (Phi) is 60.0. The lowest BCUT2D eigenvalue weighted by atomic mass is 10.0. The van der Waals surface area contributed by atoms with Crippen LogP contribution in [0.3, 0.4) is 0 Å². The van der Waals surface area contributed by atoms with Crippen LogP contribution >= 0.6 is 0 Å². The van der Waals surface area contributed by atoms with Crippen LogP contribution in [-0.2, 0) is 33.3 Å². The molecule has 2 unspecified atom stereocenters. The Hall–Kier alpha value is -4.57. The lowest BCUT2D eigenvalue weighted by Crippen LogP contribution is -2.40. The minimum absolute atomic E-state index is 0.175. The first-order chi connectivity index (χ1) is 40.6. The molecule has 0 rings (SSSR count). The molecule has 9 nitrogen and oxygen atoms in total. The Morgan fingerprint density at radius 3 is 1.02 bits per heavy atom. The van der Waals surface area contributed by atoms with Crippen LogP contribution in [0.5, 0.6) is 0 Å². The van der Waals surface area contributed by atoms with E-state index in [2.05, 4.69) is 148 Å². The quantitative estimate of drug-likeness (QED) is 0.0211.